The molecule has 29 heavy (non-hydrogen) atoms. The van der Waals surface area contributed by atoms with Crippen LogP contribution in [-0.2, 0) is 12.1 Å². The first-order valence-electron chi connectivity index (χ1n) is 9.99. The van der Waals surface area contributed by atoms with Crippen LogP contribution in [0, 0.1) is 0 Å². The van der Waals surface area contributed by atoms with E-state index in [4.69, 9.17) is 4.74 Å². The number of hydrogen-bond acceptors (Lipinski definition) is 2. The topological polar surface area (TPSA) is 41.6 Å². The molecule has 150 valence electrons. The summed E-state index contributed by atoms with van der Waals surface area (Å²) < 4.78 is 5.22. The summed E-state index contributed by atoms with van der Waals surface area (Å²) in [5, 5.41) is 3.22. The van der Waals surface area contributed by atoms with Crippen LogP contribution in [-0.4, -0.2) is 13.1 Å². The summed E-state index contributed by atoms with van der Waals surface area (Å²) in [6, 6.07) is 25.9. The molecule has 3 aromatic carbocycles. The van der Waals surface area contributed by atoms with Crippen molar-refractivity contribution in [3.8, 4) is 5.75 Å². The minimum Gasteiger partial charge on any atom is -0.497 e. The lowest BCUT2D eigenvalue weighted by Gasteiger charge is -2.42. The van der Waals surface area contributed by atoms with Gasteiger partial charge in [-0.3, -0.25) is 4.90 Å². The van der Waals surface area contributed by atoms with Gasteiger partial charge in [0.1, 0.15) is 5.75 Å². The molecule has 0 bridgehead atoms. The summed E-state index contributed by atoms with van der Waals surface area (Å²) in [6.45, 7) is 6.56. The molecule has 1 aliphatic heterocycles. The van der Waals surface area contributed by atoms with Crippen molar-refractivity contribution < 1.29 is 9.53 Å². The SMILES string of the molecule is CC.COc1ccc(CN2C(=O)NC(C)(c3ccccc3)c3ccccc32)cc1. The van der Waals surface area contributed by atoms with Gasteiger partial charge in [-0.2, -0.15) is 0 Å². The van der Waals surface area contributed by atoms with Gasteiger partial charge in [0.05, 0.1) is 24.9 Å². The minimum atomic E-state index is -0.564. The van der Waals surface area contributed by atoms with Gasteiger partial charge in [0, 0.05) is 5.56 Å². The predicted octanol–water partition coefficient (Wildman–Crippen LogP) is 5.71. The normalized spacial score (nSPS) is 17.5. The number of methoxy groups -OCH3 is 1. The summed E-state index contributed by atoms with van der Waals surface area (Å²) in [4.78, 5) is 14.9. The van der Waals surface area contributed by atoms with Crippen LogP contribution in [0.1, 0.15) is 37.5 Å². The van der Waals surface area contributed by atoms with Gasteiger partial charge in [-0.25, -0.2) is 4.79 Å². The lowest BCUT2D eigenvalue weighted by Crippen LogP contribution is -2.55. The molecule has 1 aliphatic rings. The fraction of sp³-hybridized carbons (Fsp3) is 0.240. The number of anilines is 1. The van der Waals surface area contributed by atoms with Crippen LogP contribution >= 0.6 is 0 Å². The highest BCUT2D eigenvalue weighted by Crippen LogP contribution is 2.40. The maximum absolute atomic E-state index is 13.1. The van der Waals surface area contributed by atoms with E-state index < -0.39 is 5.54 Å². The smallest absolute Gasteiger partial charge is 0.323 e. The molecule has 1 heterocycles. The van der Waals surface area contributed by atoms with Gasteiger partial charge in [-0.15, -0.1) is 0 Å². The molecule has 4 heteroatoms. The zero-order valence-electron chi connectivity index (χ0n) is 17.5. The van der Waals surface area contributed by atoms with Gasteiger partial charge in [0.25, 0.3) is 0 Å². The predicted molar refractivity (Wildman–Crippen MR) is 118 cm³/mol. The molecular weight excluding hydrogens is 360 g/mol. The first-order chi connectivity index (χ1) is 14.1. The highest BCUT2D eigenvalue weighted by Gasteiger charge is 2.40. The number of nitrogens with zero attached hydrogens (tertiary/aromatic N) is 1. The Balaban J connectivity index is 0.00000117. The monoisotopic (exact) mass is 388 g/mol. The fourth-order valence-electron chi connectivity index (χ4n) is 3.66. The lowest BCUT2D eigenvalue weighted by atomic mass is 9.82. The second kappa shape index (κ2) is 8.82. The molecule has 3 aromatic rings. The van der Waals surface area contributed by atoms with Crippen molar-refractivity contribution in [1.29, 1.82) is 0 Å². The molecule has 4 rings (SSSR count). The van der Waals surface area contributed by atoms with Crippen molar-refractivity contribution in [1.82, 2.24) is 5.32 Å². The number of benzene rings is 3. The molecule has 0 saturated heterocycles. The van der Waals surface area contributed by atoms with Crippen LogP contribution in [0.25, 0.3) is 0 Å². The third-order valence-electron chi connectivity index (χ3n) is 5.19. The van der Waals surface area contributed by atoms with Crippen LogP contribution in [0.15, 0.2) is 78.9 Å². The van der Waals surface area contributed by atoms with Crippen molar-refractivity contribution in [2.45, 2.75) is 32.9 Å². The maximum atomic E-state index is 13.1. The van der Waals surface area contributed by atoms with Crippen molar-refractivity contribution in [2.24, 2.45) is 0 Å². The number of ether oxygens (including phenoxy) is 1. The molecule has 1 unspecified atom stereocenters. The number of rotatable bonds is 4. The zero-order valence-corrected chi connectivity index (χ0v) is 17.5. The number of amides is 2. The molecule has 4 nitrogen and oxygen atoms in total. The molecule has 0 radical (unpaired) electrons. The summed E-state index contributed by atoms with van der Waals surface area (Å²) in [5.74, 6) is 0.805. The van der Waals surface area contributed by atoms with E-state index in [2.05, 4.69) is 30.4 Å². The number of hydrogen-bond donors (Lipinski definition) is 1. The van der Waals surface area contributed by atoms with E-state index in [1.807, 2.05) is 74.5 Å². The van der Waals surface area contributed by atoms with Gasteiger partial charge in [0.2, 0.25) is 0 Å². The summed E-state index contributed by atoms with van der Waals surface area (Å²) in [5.41, 5.74) is 3.57. The third kappa shape index (κ3) is 3.97. The Morgan fingerprint density at radius 3 is 2.17 bits per heavy atom. The van der Waals surface area contributed by atoms with Gasteiger partial charge in [-0.05, 0) is 36.2 Å². The first kappa shape index (κ1) is 20.5. The van der Waals surface area contributed by atoms with E-state index in [1.165, 1.54) is 0 Å². The van der Waals surface area contributed by atoms with E-state index in [9.17, 15) is 4.79 Å². The molecule has 0 saturated carbocycles. The fourth-order valence-corrected chi connectivity index (χ4v) is 3.66. The number of nitrogens with one attached hydrogen (secondary N) is 1. The molecular formula is C25H28N2O2. The summed E-state index contributed by atoms with van der Waals surface area (Å²) >= 11 is 0. The number of carbonyl (C=O) groups excluding carboxylic acids is 1. The standard InChI is InChI=1S/C23H22N2O2.C2H6/c1-23(18-8-4-3-5-9-18)20-10-6-7-11-21(20)25(22(26)24-23)16-17-12-14-19(27-2)15-13-17;1-2/h3-15H,16H2,1-2H3,(H,24,26);1-2H3. The largest absolute Gasteiger partial charge is 0.497 e. The minimum absolute atomic E-state index is 0.101. The molecule has 2 amide bonds. The number of urea groups is 1. The Morgan fingerprint density at radius 1 is 0.897 bits per heavy atom. The Kier molecular flexibility index (Phi) is 6.23. The third-order valence-corrected chi connectivity index (χ3v) is 5.19. The van der Waals surface area contributed by atoms with E-state index in [1.54, 1.807) is 12.0 Å². The lowest BCUT2D eigenvalue weighted by molar-refractivity contribution is 0.234. The van der Waals surface area contributed by atoms with Crippen molar-refractivity contribution in [3.63, 3.8) is 0 Å². The number of fused-ring (bicyclic) bond motifs is 1. The van der Waals surface area contributed by atoms with E-state index in [-0.39, 0.29) is 6.03 Å². The molecule has 1 atom stereocenters. The van der Waals surface area contributed by atoms with Crippen molar-refractivity contribution in [2.75, 3.05) is 12.0 Å². The second-order valence-corrected chi connectivity index (χ2v) is 6.87. The van der Waals surface area contributed by atoms with Crippen LogP contribution in [0.2, 0.25) is 0 Å². The first-order valence-corrected chi connectivity index (χ1v) is 9.99. The van der Waals surface area contributed by atoms with E-state index in [0.717, 1.165) is 28.1 Å². The summed E-state index contributed by atoms with van der Waals surface area (Å²) in [7, 11) is 1.65. The van der Waals surface area contributed by atoms with E-state index >= 15 is 0 Å². The molecule has 1 N–H and O–H groups in total. The average Bonchev–Trinajstić information content (AvgIpc) is 2.79. The Labute approximate surface area is 173 Å². The molecule has 0 fully saturated rings. The Hall–Kier alpha value is -3.27. The van der Waals surface area contributed by atoms with Crippen molar-refractivity contribution >= 4 is 11.7 Å². The number of carbonyl (C=O) groups is 1. The van der Waals surface area contributed by atoms with Crippen molar-refractivity contribution in [3.05, 3.63) is 95.6 Å². The summed E-state index contributed by atoms with van der Waals surface area (Å²) in [6.07, 6.45) is 0. The van der Waals surface area contributed by atoms with Crippen LogP contribution in [0.5, 0.6) is 5.75 Å². The molecule has 0 spiro atoms. The Bertz CT molecular complexity index is 954. The van der Waals surface area contributed by atoms with Gasteiger partial charge >= 0.3 is 6.03 Å². The maximum Gasteiger partial charge on any atom is 0.323 e. The average molecular weight is 389 g/mol. The van der Waals surface area contributed by atoms with Crippen LogP contribution in [0.3, 0.4) is 0 Å². The number of para-hydroxylation sites is 1. The quantitative estimate of drug-likeness (QED) is 0.621. The Morgan fingerprint density at radius 2 is 1.52 bits per heavy atom. The van der Waals surface area contributed by atoms with Gasteiger partial charge in [-0.1, -0.05) is 74.5 Å². The van der Waals surface area contributed by atoms with Gasteiger partial charge < -0.3 is 10.1 Å². The zero-order chi connectivity index (χ0) is 20.9. The molecule has 0 aliphatic carbocycles. The highest BCUT2D eigenvalue weighted by atomic mass is 16.5. The van der Waals surface area contributed by atoms with E-state index in [0.29, 0.717) is 6.54 Å². The molecule has 0 aromatic heterocycles. The van der Waals surface area contributed by atoms with Crippen LogP contribution < -0.4 is 15.0 Å². The highest BCUT2D eigenvalue weighted by molar-refractivity contribution is 5.96. The van der Waals surface area contributed by atoms with Crippen LogP contribution in [0.4, 0.5) is 10.5 Å². The van der Waals surface area contributed by atoms with Gasteiger partial charge in [0.15, 0.2) is 0 Å². The second-order valence-electron chi connectivity index (χ2n) is 6.87.